The van der Waals surface area contributed by atoms with Crippen molar-refractivity contribution in [3.05, 3.63) is 0 Å². The predicted octanol–water partition coefficient (Wildman–Crippen LogP) is 3.23. The molecule has 2 aliphatic heterocycles. The Balaban J connectivity index is 0.000000510. The highest BCUT2D eigenvalue weighted by Crippen LogP contribution is 2.53. The summed E-state index contributed by atoms with van der Waals surface area (Å²) in [5.41, 5.74) is 0.133. The third-order valence-corrected chi connectivity index (χ3v) is 5.01. The number of hydrogen-bond acceptors (Lipinski definition) is 3. The molecule has 3 heteroatoms. The molecule has 3 fully saturated rings. The van der Waals surface area contributed by atoms with Crippen molar-refractivity contribution in [3.63, 3.8) is 0 Å². The summed E-state index contributed by atoms with van der Waals surface area (Å²) in [6.45, 7) is 16.0. The van der Waals surface area contributed by atoms with E-state index in [0.717, 1.165) is 25.3 Å². The largest absolute Gasteiger partial charge is 0.389 e. The number of piperidine rings is 1. The molecule has 0 radical (unpaired) electrons. The Labute approximate surface area is 132 Å². The molecule has 2 saturated heterocycles. The second-order valence-corrected chi connectivity index (χ2v) is 7.21. The van der Waals surface area contributed by atoms with Crippen LogP contribution in [-0.2, 0) is 0 Å². The molecule has 0 unspecified atom stereocenters. The Morgan fingerprint density at radius 1 is 1.00 bits per heavy atom. The lowest BCUT2D eigenvalue weighted by molar-refractivity contribution is -0.193. The molecule has 1 spiro atoms. The van der Waals surface area contributed by atoms with Gasteiger partial charge in [-0.05, 0) is 51.7 Å². The molecule has 3 nitrogen and oxygen atoms in total. The van der Waals surface area contributed by atoms with Crippen LogP contribution in [0.3, 0.4) is 0 Å². The highest BCUT2D eigenvalue weighted by Gasteiger charge is 2.58. The van der Waals surface area contributed by atoms with Gasteiger partial charge in [0.05, 0.1) is 5.60 Å². The van der Waals surface area contributed by atoms with Crippen LogP contribution >= 0.6 is 0 Å². The molecule has 3 rings (SSSR count). The Hall–Kier alpha value is -0.120. The summed E-state index contributed by atoms with van der Waals surface area (Å²) in [6.07, 6.45) is 4.70. The molecule has 0 amide bonds. The lowest BCUT2D eigenvalue weighted by atomic mass is 9.55. The summed E-state index contributed by atoms with van der Waals surface area (Å²) in [5, 5.41) is 10.6. The van der Waals surface area contributed by atoms with Crippen molar-refractivity contribution >= 4 is 0 Å². The Morgan fingerprint density at radius 3 is 1.90 bits per heavy atom. The third kappa shape index (κ3) is 4.67. The van der Waals surface area contributed by atoms with Crippen LogP contribution in [0.4, 0.5) is 0 Å². The smallest absolute Gasteiger partial charge is 0.0786 e. The zero-order chi connectivity index (χ0) is 16.1. The average molecular weight is 299 g/mol. The van der Waals surface area contributed by atoms with E-state index in [1.807, 2.05) is 27.7 Å². The van der Waals surface area contributed by atoms with Gasteiger partial charge in [0.15, 0.2) is 0 Å². The molecule has 0 bridgehead atoms. The fourth-order valence-electron chi connectivity index (χ4n) is 4.41. The second-order valence-electron chi connectivity index (χ2n) is 7.21. The SMILES string of the molecule is CC.CC.CC1CCN(CC2(O)CC3(CN(C)C3)C2)CC1. The van der Waals surface area contributed by atoms with Gasteiger partial charge in [-0.25, -0.2) is 0 Å². The number of likely N-dealkylation sites (tertiary alicyclic amines) is 2. The molecule has 0 aromatic carbocycles. The molecule has 0 atom stereocenters. The van der Waals surface area contributed by atoms with Crippen molar-refractivity contribution in [3.8, 4) is 0 Å². The van der Waals surface area contributed by atoms with Crippen LogP contribution in [0.2, 0.25) is 0 Å². The highest BCUT2D eigenvalue weighted by molar-refractivity contribution is 5.11. The van der Waals surface area contributed by atoms with Crippen LogP contribution in [0, 0.1) is 11.3 Å². The topological polar surface area (TPSA) is 26.7 Å². The molecule has 3 aliphatic rings. The van der Waals surface area contributed by atoms with Gasteiger partial charge in [-0.3, -0.25) is 0 Å². The van der Waals surface area contributed by atoms with E-state index >= 15 is 0 Å². The first-order chi connectivity index (χ1) is 9.99. The first-order valence-electron chi connectivity index (χ1n) is 9.12. The zero-order valence-electron chi connectivity index (χ0n) is 15.3. The molecule has 21 heavy (non-hydrogen) atoms. The van der Waals surface area contributed by atoms with Gasteiger partial charge in [-0.1, -0.05) is 34.6 Å². The summed E-state index contributed by atoms with van der Waals surface area (Å²) in [6, 6.07) is 0. The molecule has 1 saturated carbocycles. The van der Waals surface area contributed by atoms with E-state index in [1.54, 1.807) is 0 Å². The van der Waals surface area contributed by atoms with Gasteiger partial charge in [-0.2, -0.15) is 0 Å². The normalized spacial score (nSPS) is 27.6. The molecule has 1 N–H and O–H groups in total. The van der Waals surface area contributed by atoms with E-state index in [1.165, 1.54) is 39.0 Å². The van der Waals surface area contributed by atoms with Gasteiger partial charge < -0.3 is 14.9 Å². The number of aliphatic hydroxyl groups is 1. The third-order valence-electron chi connectivity index (χ3n) is 5.01. The van der Waals surface area contributed by atoms with Crippen LogP contribution < -0.4 is 0 Å². The van der Waals surface area contributed by atoms with Gasteiger partial charge in [-0.15, -0.1) is 0 Å². The molecular weight excluding hydrogens is 260 g/mol. The van der Waals surface area contributed by atoms with Gasteiger partial charge in [0.1, 0.15) is 0 Å². The fraction of sp³-hybridized carbons (Fsp3) is 1.00. The summed E-state index contributed by atoms with van der Waals surface area (Å²) in [4.78, 5) is 4.84. The first kappa shape index (κ1) is 18.9. The van der Waals surface area contributed by atoms with Crippen molar-refractivity contribution in [1.29, 1.82) is 0 Å². The maximum atomic E-state index is 10.6. The standard InChI is InChI=1S/C14H26N2O.2C2H6/c1-12-3-5-16(6-4-12)11-14(17)7-13(8-14)9-15(2)10-13;2*1-2/h12,17H,3-11H2,1-2H3;2*1-2H3. The van der Waals surface area contributed by atoms with Gasteiger partial charge in [0.25, 0.3) is 0 Å². The Morgan fingerprint density at radius 2 is 1.48 bits per heavy atom. The number of nitrogens with zero attached hydrogens (tertiary/aromatic N) is 2. The first-order valence-corrected chi connectivity index (χ1v) is 9.12. The van der Waals surface area contributed by atoms with Crippen LogP contribution in [0.1, 0.15) is 60.3 Å². The summed E-state index contributed by atoms with van der Waals surface area (Å²) in [7, 11) is 2.18. The van der Waals surface area contributed by atoms with Crippen LogP contribution in [-0.4, -0.2) is 60.3 Å². The van der Waals surface area contributed by atoms with Crippen molar-refractivity contribution in [1.82, 2.24) is 9.80 Å². The summed E-state index contributed by atoms with van der Waals surface area (Å²) < 4.78 is 0. The Kier molecular flexibility index (Phi) is 7.15. The van der Waals surface area contributed by atoms with Crippen LogP contribution in [0.15, 0.2) is 0 Å². The van der Waals surface area contributed by atoms with Gasteiger partial charge >= 0.3 is 0 Å². The molecular formula is C18H38N2O. The molecule has 0 aromatic rings. The zero-order valence-corrected chi connectivity index (χ0v) is 15.3. The number of hydrogen-bond donors (Lipinski definition) is 1. The minimum absolute atomic E-state index is 0.359. The van der Waals surface area contributed by atoms with Gasteiger partial charge in [0.2, 0.25) is 0 Å². The Bertz CT molecular complexity index is 284. The number of rotatable bonds is 2. The molecule has 2 heterocycles. The van der Waals surface area contributed by atoms with Crippen molar-refractivity contribution < 1.29 is 5.11 Å². The molecule has 0 aromatic heterocycles. The number of β-amino-alcohol motifs (C(OH)–C–C–N with tert-alkyl or cyclic N) is 1. The monoisotopic (exact) mass is 298 g/mol. The van der Waals surface area contributed by atoms with E-state index in [0.29, 0.717) is 5.41 Å². The van der Waals surface area contributed by atoms with Crippen LogP contribution in [0.25, 0.3) is 0 Å². The lowest BCUT2D eigenvalue weighted by Crippen LogP contribution is -2.69. The summed E-state index contributed by atoms with van der Waals surface area (Å²) >= 11 is 0. The van der Waals surface area contributed by atoms with Crippen LogP contribution in [0.5, 0.6) is 0 Å². The fourth-order valence-corrected chi connectivity index (χ4v) is 4.41. The van der Waals surface area contributed by atoms with E-state index in [-0.39, 0.29) is 5.60 Å². The maximum Gasteiger partial charge on any atom is 0.0786 e. The second kappa shape index (κ2) is 7.94. The summed E-state index contributed by atoms with van der Waals surface area (Å²) in [5.74, 6) is 0.883. The van der Waals surface area contributed by atoms with Crippen molar-refractivity contribution in [2.75, 3.05) is 39.8 Å². The van der Waals surface area contributed by atoms with E-state index < -0.39 is 0 Å². The van der Waals surface area contributed by atoms with Gasteiger partial charge in [0, 0.05) is 25.0 Å². The van der Waals surface area contributed by atoms with E-state index in [4.69, 9.17) is 0 Å². The van der Waals surface area contributed by atoms with E-state index in [9.17, 15) is 5.11 Å². The lowest BCUT2D eigenvalue weighted by Gasteiger charge is -2.62. The quantitative estimate of drug-likeness (QED) is 0.848. The highest BCUT2D eigenvalue weighted by atomic mass is 16.3. The van der Waals surface area contributed by atoms with Crippen molar-refractivity contribution in [2.24, 2.45) is 11.3 Å². The molecule has 126 valence electrons. The minimum atomic E-state index is -0.359. The van der Waals surface area contributed by atoms with E-state index in [2.05, 4.69) is 23.8 Å². The van der Waals surface area contributed by atoms with Crippen molar-refractivity contribution in [2.45, 2.75) is 65.9 Å². The average Bonchev–Trinajstić information content (AvgIpc) is 2.43. The molecule has 1 aliphatic carbocycles. The minimum Gasteiger partial charge on any atom is -0.389 e. The predicted molar refractivity (Wildman–Crippen MR) is 91.6 cm³/mol. The maximum absolute atomic E-state index is 10.6.